The molecule has 0 aromatic carbocycles. The Morgan fingerprint density at radius 2 is 2.12 bits per heavy atom. The average Bonchev–Trinajstić information content (AvgIpc) is 3.41. The fourth-order valence-electron chi connectivity index (χ4n) is 4.14. The van der Waals surface area contributed by atoms with E-state index in [0.29, 0.717) is 30.3 Å². The van der Waals surface area contributed by atoms with Crippen LogP contribution in [0.15, 0.2) is 36.8 Å². The number of carbonyl (C=O) groups is 1. The molecule has 9 heteroatoms. The van der Waals surface area contributed by atoms with Crippen LogP contribution in [0.25, 0.3) is 27.8 Å². The third-order valence-electron chi connectivity index (χ3n) is 6.28. The predicted molar refractivity (Wildman–Crippen MR) is 117 cm³/mol. The van der Waals surface area contributed by atoms with E-state index in [1.54, 1.807) is 23.1 Å². The molecule has 6 rings (SSSR count). The quantitative estimate of drug-likeness (QED) is 0.511. The zero-order valence-corrected chi connectivity index (χ0v) is 17.6. The first kappa shape index (κ1) is 19.3. The third-order valence-corrected chi connectivity index (χ3v) is 6.28. The van der Waals surface area contributed by atoms with Gasteiger partial charge in [0.15, 0.2) is 11.5 Å². The van der Waals surface area contributed by atoms with E-state index in [0.717, 1.165) is 40.4 Å². The number of nitrogens with zero attached hydrogens (tertiary/aromatic N) is 5. The highest BCUT2D eigenvalue weighted by Crippen LogP contribution is 2.33. The summed E-state index contributed by atoms with van der Waals surface area (Å²) >= 11 is 0. The van der Waals surface area contributed by atoms with Gasteiger partial charge in [0.05, 0.1) is 6.61 Å². The number of amides is 1. The highest BCUT2D eigenvalue weighted by atomic mass is 16.5. The molecule has 2 fully saturated rings. The normalized spacial score (nSPS) is 20.8. The molecule has 0 radical (unpaired) electrons. The SMILES string of the molecule is Cc1ncc(-c2nc3ccc(C4(O)CCOC4)cn3n2)c2cc(NC(=O)C3CC3)ncc12. The van der Waals surface area contributed by atoms with Gasteiger partial charge in [-0.25, -0.2) is 14.5 Å². The molecular weight excluding hydrogens is 408 g/mol. The average molecular weight is 430 g/mol. The standard InChI is InChI=1S/C23H22N6O3/c1-13-17-9-25-19(26-22(30)14-2-3-14)8-16(17)18(10-24-13)21-27-20-5-4-15(11-29(20)28-21)23(31)6-7-32-12-23/h4-5,8-11,14,31H,2-3,6-7,12H2,1H3,(H,25,26,30). The van der Waals surface area contributed by atoms with Crippen LogP contribution in [0.4, 0.5) is 5.82 Å². The van der Waals surface area contributed by atoms with Crippen LogP contribution < -0.4 is 5.32 Å². The number of hydrogen-bond acceptors (Lipinski definition) is 7. The van der Waals surface area contributed by atoms with Gasteiger partial charge in [-0.2, -0.15) is 0 Å². The lowest BCUT2D eigenvalue weighted by Gasteiger charge is -2.20. The molecule has 2 aliphatic rings. The Hall–Kier alpha value is -3.43. The lowest BCUT2D eigenvalue weighted by atomic mass is 9.95. The monoisotopic (exact) mass is 430 g/mol. The van der Waals surface area contributed by atoms with E-state index in [2.05, 4.69) is 25.4 Å². The van der Waals surface area contributed by atoms with Crippen LogP contribution in [-0.2, 0) is 15.1 Å². The van der Waals surface area contributed by atoms with Gasteiger partial charge >= 0.3 is 0 Å². The Bertz CT molecular complexity index is 1370. The number of carbonyl (C=O) groups excluding carboxylic acids is 1. The molecule has 1 aliphatic carbocycles. The van der Waals surface area contributed by atoms with Crippen molar-refractivity contribution in [3.05, 3.63) is 48.0 Å². The number of anilines is 1. The van der Waals surface area contributed by atoms with Gasteiger partial charge in [-0.1, -0.05) is 6.07 Å². The topological polar surface area (TPSA) is 115 Å². The summed E-state index contributed by atoms with van der Waals surface area (Å²) < 4.78 is 7.05. The van der Waals surface area contributed by atoms with Gasteiger partial charge in [0.1, 0.15) is 11.4 Å². The Morgan fingerprint density at radius 1 is 1.25 bits per heavy atom. The summed E-state index contributed by atoms with van der Waals surface area (Å²) in [7, 11) is 0. The van der Waals surface area contributed by atoms with Gasteiger partial charge in [0, 0.05) is 65.1 Å². The van der Waals surface area contributed by atoms with Crippen molar-refractivity contribution in [2.75, 3.05) is 18.5 Å². The van der Waals surface area contributed by atoms with Crippen LogP contribution in [0, 0.1) is 12.8 Å². The predicted octanol–water partition coefficient (Wildman–Crippen LogP) is 2.60. The molecule has 1 unspecified atom stereocenters. The van der Waals surface area contributed by atoms with E-state index >= 15 is 0 Å². The number of aliphatic hydroxyl groups is 1. The molecule has 2 N–H and O–H groups in total. The first-order valence-electron chi connectivity index (χ1n) is 10.7. The highest BCUT2D eigenvalue weighted by Gasteiger charge is 2.34. The van der Waals surface area contributed by atoms with Crippen molar-refractivity contribution < 1.29 is 14.6 Å². The van der Waals surface area contributed by atoms with Crippen LogP contribution in [0.2, 0.25) is 0 Å². The number of fused-ring (bicyclic) bond motifs is 2. The Morgan fingerprint density at radius 3 is 2.91 bits per heavy atom. The molecule has 4 aromatic heterocycles. The molecule has 5 heterocycles. The first-order chi connectivity index (χ1) is 15.5. The number of aryl methyl sites for hydroxylation is 1. The number of hydrogen-bond donors (Lipinski definition) is 2. The van der Waals surface area contributed by atoms with Crippen molar-refractivity contribution in [1.29, 1.82) is 0 Å². The highest BCUT2D eigenvalue weighted by molar-refractivity contribution is 5.99. The fraction of sp³-hybridized carbons (Fsp3) is 0.348. The summed E-state index contributed by atoms with van der Waals surface area (Å²) in [6, 6.07) is 5.56. The van der Waals surface area contributed by atoms with Gasteiger partial charge in [0.2, 0.25) is 5.91 Å². The number of rotatable bonds is 4. The minimum absolute atomic E-state index is 0.0105. The maximum Gasteiger partial charge on any atom is 0.228 e. The van der Waals surface area contributed by atoms with E-state index in [1.807, 2.05) is 25.1 Å². The van der Waals surface area contributed by atoms with Gasteiger partial charge < -0.3 is 15.2 Å². The summed E-state index contributed by atoms with van der Waals surface area (Å²) in [6.45, 7) is 2.73. The summed E-state index contributed by atoms with van der Waals surface area (Å²) in [6.07, 6.45) is 7.69. The third kappa shape index (κ3) is 3.21. The van der Waals surface area contributed by atoms with Crippen molar-refractivity contribution in [3.63, 3.8) is 0 Å². The lowest BCUT2D eigenvalue weighted by molar-refractivity contribution is -0.117. The molecule has 0 spiro atoms. The van der Waals surface area contributed by atoms with Crippen LogP contribution in [-0.4, -0.2) is 48.8 Å². The molecule has 162 valence electrons. The zero-order valence-electron chi connectivity index (χ0n) is 17.6. The van der Waals surface area contributed by atoms with Gasteiger partial charge in [0.25, 0.3) is 0 Å². The van der Waals surface area contributed by atoms with Crippen LogP contribution in [0.5, 0.6) is 0 Å². The number of aromatic nitrogens is 5. The van der Waals surface area contributed by atoms with Crippen molar-refractivity contribution >= 4 is 28.1 Å². The maximum atomic E-state index is 12.2. The summed E-state index contributed by atoms with van der Waals surface area (Å²) in [5.41, 5.74) is 2.00. The fourth-order valence-corrected chi connectivity index (χ4v) is 4.14. The van der Waals surface area contributed by atoms with Crippen LogP contribution in [0.3, 0.4) is 0 Å². The van der Waals surface area contributed by atoms with Crippen molar-refractivity contribution in [3.8, 4) is 11.4 Å². The summed E-state index contributed by atoms with van der Waals surface area (Å²) in [5.74, 6) is 1.13. The second-order valence-corrected chi connectivity index (χ2v) is 8.63. The summed E-state index contributed by atoms with van der Waals surface area (Å²) in [5, 5.41) is 20.1. The molecule has 32 heavy (non-hydrogen) atoms. The van der Waals surface area contributed by atoms with Crippen LogP contribution >= 0.6 is 0 Å². The van der Waals surface area contributed by atoms with Gasteiger partial charge in [-0.05, 0) is 31.9 Å². The van der Waals surface area contributed by atoms with Crippen molar-refractivity contribution in [1.82, 2.24) is 24.6 Å². The van der Waals surface area contributed by atoms with E-state index in [-0.39, 0.29) is 18.4 Å². The molecule has 4 aromatic rings. The van der Waals surface area contributed by atoms with Crippen molar-refractivity contribution in [2.45, 2.75) is 31.8 Å². The molecular formula is C23H22N6O3. The molecule has 1 atom stereocenters. The molecule has 1 amide bonds. The molecule has 1 aliphatic heterocycles. The number of nitrogens with one attached hydrogen (secondary N) is 1. The zero-order chi connectivity index (χ0) is 21.9. The Balaban J connectivity index is 1.43. The molecule has 0 bridgehead atoms. The maximum absolute atomic E-state index is 12.2. The smallest absolute Gasteiger partial charge is 0.228 e. The Labute approximate surface area is 183 Å². The number of pyridine rings is 3. The van der Waals surface area contributed by atoms with E-state index in [9.17, 15) is 9.90 Å². The largest absolute Gasteiger partial charge is 0.383 e. The van der Waals surface area contributed by atoms with E-state index < -0.39 is 5.60 Å². The van der Waals surface area contributed by atoms with Gasteiger partial charge in [-0.3, -0.25) is 9.78 Å². The minimum Gasteiger partial charge on any atom is -0.383 e. The molecule has 1 saturated carbocycles. The second-order valence-electron chi connectivity index (χ2n) is 8.63. The van der Waals surface area contributed by atoms with E-state index in [1.165, 1.54) is 0 Å². The first-order valence-corrected chi connectivity index (χ1v) is 10.7. The second kappa shape index (κ2) is 7.04. The lowest BCUT2D eigenvalue weighted by Crippen LogP contribution is -2.26. The molecule has 9 nitrogen and oxygen atoms in total. The number of ether oxygens (including phenoxy) is 1. The summed E-state index contributed by atoms with van der Waals surface area (Å²) in [4.78, 5) is 25.8. The van der Waals surface area contributed by atoms with Crippen molar-refractivity contribution in [2.24, 2.45) is 5.92 Å². The molecule has 1 saturated heterocycles. The van der Waals surface area contributed by atoms with Crippen LogP contribution in [0.1, 0.15) is 30.5 Å². The Kier molecular flexibility index (Phi) is 4.24. The van der Waals surface area contributed by atoms with Gasteiger partial charge in [-0.15, -0.1) is 5.10 Å². The minimum atomic E-state index is -1.00. The van der Waals surface area contributed by atoms with E-state index in [4.69, 9.17) is 4.74 Å².